The van der Waals surface area contributed by atoms with E-state index in [0.717, 1.165) is 6.04 Å². The van der Waals surface area contributed by atoms with Crippen LogP contribution in [0.4, 0.5) is 0 Å². The largest absolute Gasteiger partial charge is 0.293 e. The van der Waals surface area contributed by atoms with Gasteiger partial charge in [-0.15, -0.1) is 0 Å². The van der Waals surface area contributed by atoms with Gasteiger partial charge in [0.15, 0.2) is 0 Å². The summed E-state index contributed by atoms with van der Waals surface area (Å²) in [6.45, 7) is 10.6. The second-order valence-electron chi connectivity index (χ2n) is 5.61. The molecule has 1 N–H and O–H groups in total. The van der Waals surface area contributed by atoms with Crippen LogP contribution in [0.15, 0.2) is 0 Å². The average Bonchev–Trinajstić information content (AvgIpc) is 2.20. The summed E-state index contributed by atoms with van der Waals surface area (Å²) in [4.78, 5) is 2.65. The Balaban J connectivity index is 2.25. The van der Waals surface area contributed by atoms with Crippen molar-refractivity contribution in [2.24, 2.45) is 0 Å². The van der Waals surface area contributed by atoms with E-state index in [1.54, 1.807) is 0 Å². The lowest BCUT2D eigenvalue weighted by molar-refractivity contribution is 0.0842. The van der Waals surface area contributed by atoms with Gasteiger partial charge in [0.1, 0.15) is 0 Å². The van der Waals surface area contributed by atoms with Crippen molar-refractivity contribution in [3.05, 3.63) is 0 Å². The number of rotatable bonds is 0. The lowest BCUT2D eigenvalue weighted by atomic mass is 9.89. The van der Waals surface area contributed by atoms with Gasteiger partial charge in [0.2, 0.25) is 0 Å². The molecular weight excluding hydrogens is 160 g/mol. The molecule has 0 aromatic heterocycles. The molecule has 2 heteroatoms. The fourth-order valence-electron chi connectivity index (χ4n) is 3.29. The molecule has 0 spiro atoms. The maximum absolute atomic E-state index is 3.74. The Kier molecular flexibility index (Phi) is 1.97. The first-order chi connectivity index (χ1) is 5.93. The van der Waals surface area contributed by atoms with Crippen LogP contribution in [0, 0.1) is 0 Å². The Hall–Kier alpha value is -0.0800. The summed E-state index contributed by atoms with van der Waals surface area (Å²) in [6, 6.07) is 0.747. The number of nitrogens with one attached hydrogen (secondary N) is 1. The summed E-state index contributed by atoms with van der Waals surface area (Å²) < 4.78 is 0. The highest BCUT2D eigenvalue weighted by atomic mass is 15.4. The molecule has 1 atom stereocenters. The van der Waals surface area contributed by atoms with Gasteiger partial charge >= 0.3 is 0 Å². The van der Waals surface area contributed by atoms with Crippen molar-refractivity contribution in [1.29, 1.82) is 0 Å². The number of hydrogen-bond acceptors (Lipinski definition) is 2. The summed E-state index contributed by atoms with van der Waals surface area (Å²) in [5, 5.41) is 3.74. The van der Waals surface area contributed by atoms with E-state index in [1.165, 1.54) is 25.8 Å². The van der Waals surface area contributed by atoms with Crippen molar-refractivity contribution in [3.8, 4) is 0 Å². The molecule has 0 radical (unpaired) electrons. The smallest absolute Gasteiger partial charge is 0.0662 e. The van der Waals surface area contributed by atoms with Crippen LogP contribution in [-0.4, -0.2) is 28.7 Å². The zero-order valence-corrected chi connectivity index (χ0v) is 9.35. The summed E-state index contributed by atoms with van der Waals surface area (Å²) in [6.07, 6.45) is 4.14. The van der Waals surface area contributed by atoms with E-state index in [2.05, 4.69) is 37.9 Å². The predicted octanol–water partition coefficient (Wildman–Crippen LogP) is 1.96. The van der Waals surface area contributed by atoms with E-state index >= 15 is 0 Å². The summed E-state index contributed by atoms with van der Waals surface area (Å²) in [7, 11) is 0. The highest BCUT2D eigenvalue weighted by Crippen LogP contribution is 2.37. The highest BCUT2D eigenvalue weighted by molar-refractivity contribution is 5.07. The second-order valence-corrected chi connectivity index (χ2v) is 5.61. The Morgan fingerprint density at radius 2 is 1.85 bits per heavy atom. The van der Waals surface area contributed by atoms with Gasteiger partial charge in [0.25, 0.3) is 0 Å². The van der Waals surface area contributed by atoms with Crippen LogP contribution in [0.3, 0.4) is 0 Å². The van der Waals surface area contributed by atoms with Crippen molar-refractivity contribution in [2.75, 3.05) is 6.54 Å². The fourth-order valence-corrected chi connectivity index (χ4v) is 3.29. The van der Waals surface area contributed by atoms with Gasteiger partial charge in [-0.1, -0.05) is 6.42 Å². The van der Waals surface area contributed by atoms with Crippen LogP contribution < -0.4 is 5.32 Å². The topological polar surface area (TPSA) is 15.3 Å². The number of nitrogens with zero attached hydrogens (tertiary/aromatic N) is 1. The number of hydrogen-bond donors (Lipinski definition) is 1. The van der Waals surface area contributed by atoms with Crippen molar-refractivity contribution in [1.82, 2.24) is 10.2 Å². The monoisotopic (exact) mass is 182 g/mol. The Labute approximate surface area is 81.7 Å². The minimum absolute atomic E-state index is 0.203. The molecule has 0 saturated carbocycles. The third-order valence-electron chi connectivity index (χ3n) is 3.68. The molecule has 0 amide bonds. The number of fused-ring (bicyclic) bond motifs is 1. The molecule has 0 aromatic carbocycles. The van der Waals surface area contributed by atoms with Crippen molar-refractivity contribution in [3.63, 3.8) is 0 Å². The van der Waals surface area contributed by atoms with Gasteiger partial charge < -0.3 is 0 Å². The van der Waals surface area contributed by atoms with Crippen molar-refractivity contribution in [2.45, 2.75) is 64.2 Å². The van der Waals surface area contributed by atoms with Crippen LogP contribution >= 0.6 is 0 Å². The lowest BCUT2D eigenvalue weighted by Crippen LogP contribution is -2.49. The van der Waals surface area contributed by atoms with Crippen LogP contribution in [0.5, 0.6) is 0 Å². The standard InChI is InChI=1S/C11H22N2/c1-10(2)9-7-5-6-8-13(9)11(3,4)12-10/h9,12H,5-8H2,1-4H3. The molecule has 2 aliphatic rings. The van der Waals surface area contributed by atoms with Gasteiger partial charge in [-0.25, -0.2) is 0 Å². The average molecular weight is 182 g/mol. The minimum Gasteiger partial charge on any atom is -0.293 e. The normalized spacial score (nSPS) is 37.4. The van der Waals surface area contributed by atoms with E-state index in [1.807, 2.05) is 0 Å². The second kappa shape index (κ2) is 2.71. The molecule has 0 aromatic rings. The predicted molar refractivity (Wildman–Crippen MR) is 55.6 cm³/mol. The van der Waals surface area contributed by atoms with E-state index in [0.29, 0.717) is 5.54 Å². The lowest BCUT2D eigenvalue weighted by Gasteiger charge is -2.39. The maximum Gasteiger partial charge on any atom is 0.0662 e. The molecule has 13 heavy (non-hydrogen) atoms. The van der Waals surface area contributed by atoms with E-state index in [-0.39, 0.29) is 5.66 Å². The van der Waals surface area contributed by atoms with Crippen LogP contribution in [0.25, 0.3) is 0 Å². The molecular formula is C11H22N2. The molecule has 2 saturated heterocycles. The van der Waals surface area contributed by atoms with Crippen LogP contribution in [-0.2, 0) is 0 Å². The minimum atomic E-state index is 0.203. The molecule has 2 nitrogen and oxygen atoms in total. The molecule has 2 aliphatic heterocycles. The summed E-state index contributed by atoms with van der Waals surface area (Å²) in [5.74, 6) is 0. The van der Waals surface area contributed by atoms with Crippen molar-refractivity contribution >= 4 is 0 Å². The third kappa shape index (κ3) is 1.40. The molecule has 2 rings (SSSR count). The Morgan fingerprint density at radius 1 is 1.15 bits per heavy atom. The summed E-state index contributed by atoms with van der Waals surface area (Å²) in [5.41, 5.74) is 0.499. The zero-order chi connectivity index (χ0) is 9.69. The van der Waals surface area contributed by atoms with Crippen LogP contribution in [0.2, 0.25) is 0 Å². The first-order valence-corrected chi connectivity index (χ1v) is 5.49. The molecule has 0 aliphatic carbocycles. The molecule has 1 unspecified atom stereocenters. The maximum atomic E-state index is 3.74. The molecule has 0 bridgehead atoms. The first kappa shape index (κ1) is 9.47. The van der Waals surface area contributed by atoms with E-state index in [9.17, 15) is 0 Å². The third-order valence-corrected chi connectivity index (χ3v) is 3.68. The Bertz CT molecular complexity index is 186. The summed E-state index contributed by atoms with van der Waals surface area (Å²) >= 11 is 0. The highest BCUT2D eigenvalue weighted by Gasteiger charge is 2.50. The first-order valence-electron chi connectivity index (χ1n) is 5.49. The molecule has 2 heterocycles. The van der Waals surface area contributed by atoms with Crippen LogP contribution in [0.1, 0.15) is 47.0 Å². The fraction of sp³-hybridized carbons (Fsp3) is 1.00. The number of piperidine rings is 1. The SMILES string of the molecule is CC1(C)NC(C)(C)N2CCCCC21. The molecule has 76 valence electrons. The quantitative estimate of drug-likeness (QED) is 0.616. The Morgan fingerprint density at radius 3 is 2.46 bits per heavy atom. The van der Waals surface area contributed by atoms with Gasteiger partial charge in [-0.05, 0) is 40.5 Å². The van der Waals surface area contributed by atoms with Gasteiger partial charge in [0.05, 0.1) is 5.66 Å². The van der Waals surface area contributed by atoms with E-state index < -0.39 is 0 Å². The van der Waals surface area contributed by atoms with Gasteiger partial charge in [-0.2, -0.15) is 0 Å². The zero-order valence-electron chi connectivity index (χ0n) is 9.35. The van der Waals surface area contributed by atoms with E-state index in [4.69, 9.17) is 0 Å². The van der Waals surface area contributed by atoms with Gasteiger partial charge in [0, 0.05) is 18.1 Å². The van der Waals surface area contributed by atoms with Gasteiger partial charge in [-0.3, -0.25) is 10.2 Å². The van der Waals surface area contributed by atoms with Crippen molar-refractivity contribution < 1.29 is 0 Å². The molecule has 2 fully saturated rings.